The molecule has 0 radical (unpaired) electrons. The highest BCUT2D eigenvalue weighted by Crippen LogP contribution is 2.52. The maximum absolute atomic E-state index is 11.0. The van der Waals surface area contributed by atoms with Crippen LogP contribution in [0.4, 0.5) is 0 Å². The summed E-state index contributed by atoms with van der Waals surface area (Å²) in [5, 5.41) is 17.3. The van der Waals surface area contributed by atoms with E-state index < -0.39 is 5.41 Å². The second kappa shape index (κ2) is 7.96. The molecule has 1 aromatic carbocycles. The van der Waals surface area contributed by atoms with Crippen LogP contribution in [-0.2, 0) is 10.2 Å². The maximum Gasteiger partial charge on any atom is 0.222 e. The van der Waals surface area contributed by atoms with E-state index in [9.17, 15) is 10.1 Å². The number of benzene rings is 1. The summed E-state index contributed by atoms with van der Waals surface area (Å²) in [4.78, 5) is 11.0. The number of nitrogens with zero attached hydrogens (tertiary/aromatic N) is 2. The summed E-state index contributed by atoms with van der Waals surface area (Å²) in [5.74, 6) is 6.22. The second-order valence-electron chi connectivity index (χ2n) is 7.78. The van der Waals surface area contributed by atoms with Crippen molar-refractivity contribution in [3.63, 3.8) is 0 Å². The molecule has 7 nitrogen and oxygen atoms in total. The minimum absolute atomic E-state index is 0.0258. The molecule has 1 atom stereocenters. The zero-order valence-corrected chi connectivity index (χ0v) is 17.6. The Morgan fingerprint density at radius 3 is 2.70 bits per heavy atom. The molecule has 0 aliphatic carbocycles. The molecule has 154 valence electrons. The highest BCUT2D eigenvalue weighted by Gasteiger charge is 2.50. The van der Waals surface area contributed by atoms with Gasteiger partial charge in [0.25, 0.3) is 0 Å². The number of H-pyrrole nitrogens is 1. The molecular weight excluding hydrogens is 378 g/mol. The summed E-state index contributed by atoms with van der Waals surface area (Å²) in [5.41, 5.74) is 15.1. The third-order valence-electron chi connectivity index (χ3n) is 5.40. The van der Waals surface area contributed by atoms with Gasteiger partial charge in [-0.1, -0.05) is 31.8 Å². The number of nitrogens with two attached hydrogens (primary N) is 2. The predicted molar refractivity (Wildman–Crippen MR) is 113 cm³/mol. The van der Waals surface area contributed by atoms with Crippen LogP contribution in [0, 0.1) is 42.9 Å². The van der Waals surface area contributed by atoms with Crippen molar-refractivity contribution in [2.75, 3.05) is 0 Å². The van der Waals surface area contributed by atoms with Crippen LogP contribution in [0.15, 0.2) is 29.7 Å². The van der Waals surface area contributed by atoms with Crippen molar-refractivity contribution in [2.24, 2.45) is 17.4 Å². The first-order chi connectivity index (χ1) is 14.2. The number of allylic oxidation sites excluding steroid dienone is 1. The number of amides is 1. The Balaban J connectivity index is 2.26. The van der Waals surface area contributed by atoms with Crippen LogP contribution in [0.1, 0.15) is 54.6 Å². The normalized spacial score (nSPS) is 17.6. The van der Waals surface area contributed by atoms with Gasteiger partial charge in [0.15, 0.2) is 0 Å². The van der Waals surface area contributed by atoms with Gasteiger partial charge in [-0.3, -0.25) is 4.79 Å². The molecule has 0 spiro atoms. The van der Waals surface area contributed by atoms with Gasteiger partial charge in [0, 0.05) is 18.4 Å². The number of aryl methyl sites for hydroxylation is 2. The van der Waals surface area contributed by atoms with Crippen LogP contribution in [0.5, 0.6) is 5.88 Å². The molecule has 1 aliphatic heterocycles. The van der Waals surface area contributed by atoms with Gasteiger partial charge in [0.05, 0.1) is 16.7 Å². The molecular formula is C23H25N5O2. The molecule has 7 heteroatoms. The summed E-state index contributed by atoms with van der Waals surface area (Å²) >= 11 is 0. The lowest BCUT2D eigenvalue weighted by molar-refractivity contribution is -0.117. The molecule has 0 saturated heterocycles. The van der Waals surface area contributed by atoms with Crippen LogP contribution in [0.3, 0.4) is 0 Å². The number of carbonyl (C=O) groups excluding carboxylic acids is 1. The molecule has 1 unspecified atom stereocenters. The van der Waals surface area contributed by atoms with Gasteiger partial charge in [-0.25, -0.2) is 5.10 Å². The van der Waals surface area contributed by atoms with Gasteiger partial charge < -0.3 is 16.2 Å². The van der Waals surface area contributed by atoms with E-state index in [0.717, 1.165) is 27.9 Å². The Morgan fingerprint density at radius 2 is 2.07 bits per heavy atom. The first kappa shape index (κ1) is 21.0. The Morgan fingerprint density at radius 1 is 1.33 bits per heavy atom. The lowest BCUT2D eigenvalue weighted by Crippen LogP contribution is -2.41. The van der Waals surface area contributed by atoms with Gasteiger partial charge in [0.2, 0.25) is 17.7 Å². The minimum Gasteiger partial charge on any atom is -0.422 e. The van der Waals surface area contributed by atoms with Crippen molar-refractivity contribution in [3.05, 3.63) is 57.6 Å². The van der Waals surface area contributed by atoms with Crippen molar-refractivity contribution in [1.29, 1.82) is 5.26 Å². The number of carbonyl (C=O) groups is 1. The largest absolute Gasteiger partial charge is 0.422 e. The van der Waals surface area contributed by atoms with Gasteiger partial charge in [-0.05, 0) is 43.0 Å². The fourth-order valence-corrected chi connectivity index (χ4v) is 4.21. The Kier molecular flexibility index (Phi) is 5.58. The highest BCUT2D eigenvalue weighted by atomic mass is 16.5. The third kappa shape index (κ3) is 3.40. The third-order valence-corrected chi connectivity index (χ3v) is 5.40. The van der Waals surface area contributed by atoms with Crippen LogP contribution in [-0.4, -0.2) is 16.1 Å². The molecule has 1 amide bonds. The topological polar surface area (TPSA) is 131 Å². The van der Waals surface area contributed by atoms with Gasteiger partial charge in [-0.2, -0.15) is 10.4 Å². The fraction of sp³-hybridized carbons (Fsp3) is 0.348. The van der Waals surface area contributed by atoms with E-state index in [1.54, 1.807) is 0 Å². The van der Waals surface area contributed by atoms with Crippen LogP contribution in [0.2, 0.25) is 0 Å². The van der Waals surface area contributed by atoms with E-state index >= 15 is 0 Å². The van der Waals surface area contributed by atoms with E-state index in [-0.39, 0.29) is 24.1 Å². The molecule has 1 aliphatic rings. The predicted octanol–water partition coefficient (Wildman–Crippen LogP) is 2.67. The summed E-state index contributed by atoms with van der Waals surface area (Å²) in [6.07, 6.45) is 0.609. The summed E-state index contributed by atoms with van der Waals surface area (Å²) in [6, 6.07) is 8.27. The van der Waals surface area contributed by atoms with Gasteiger partial charge in [-0.15, -0.1) is 0 Å². The molecule has 2 heterocycles. The zero-order chi connectivity index (χ0) is 22.1. The standard InChI is InChI=1S/C23H25N5O2/c1-13(2)23(18(12-24)21(26)30-22-20(23)15(4)27-28-22)17-10-14(3)9-16(11-17)7-5-6-8-19(25)29/h9-11,13H,6,8,26H2,1-4H3,(H2,25,29)(H,27,28). The quantitative estimate of drug-likeness (QED) is 0.676. The fourth-order valence-electron chi connectivity index (χ4n) is 4.21. The SMILES string of the molecule is Cc1cc(C#CCCC(N)=O)cc(C2(C(C)C)C(C#N)=C(N)Oc3[nH]nc(C)c32)c1. The summed E-state index contributed by atoms with van der Waals surface area (Å²) in [6.45, 7) is 7.96. The lowest BCUT2D eigenvalue weighted by atomic mass is 9.61. The summed E-state index contributed by atoms with van der Waals surface area (Å²) in [7, 11) is 0. The number of aromatic nitrogens is 2. The van der Waals surface area contributed by atoms with Crippen LogP contribution in [0.25, 0.3) is 0 Å². The first-order valence-corrected chi connectivity index (χ1v) is 9.74. The molecule has 2 aromatic rings. The number of primary amides is 1. The molecule has 5 N–H and O–H groups in total. The van der Waals surface area contributed by atoms with E-state index in [1.807, 2.05) is 45.9 Å². The Labute approximate surface area is 176 Å². The second-order valence-corrected chi connectivity index (χ2v) is 7.78. The number of fused-ring (bicyclic) bond motifs is 1. The highest BCUT2D eigenvalue weighted by molar-refractivity contribution is 5.74. The van der Waals surface area contributed by atoms with Crippen molar-refractivity contribution >= 4 is 5.91 Å². The van der Waals surface area contributed by atoms with Crippen LogP contribution >= 0.6 is 0 Å². The Bertz CT molecular complexity index is 1140. The molecule has 1 aromatic heterocycles. The number of rotatable bonds is 4. The van der Waals surface area contributed by atoms with E-state index in [2.05, 4.69) is 28.1 Å². The number of aromatic amines is 1. The molecule has 0 fully saturated rings. The molecule has 30 heavy (non-hydrogen) atoms. The number of hydrogen-bond donors (Lipinski definition) is 3. The number of hydrogen-bond acceptors (Lipinski definition) is 5. The molecule has 0 bridgehead atoms. The van der Waals surface area contributed by atoms with Crippen molar-refractivity contribution in [1.82, 2.24) is 10.2 Å². The molecule has 0 saturated carbocycles. The number of nitriles is 1. The van der Waals surface area contributed by atoms with Gasteiger partial charge >= 0.3 is 0 Å². The average Bonchev–Trinajstić information content (AvgIpc) is 3.03. The van der Waals surface area contributed by atoms with Crippen LogP contribution < -0.4 is 16.2 Å². The van der Waals surface area contributed by atoms with Crippen molar-refractivity contribution in [2.45, 2.75) is 46.0 Å². The van der Waals surface area contributed by atoms with Crippen molar-refractivity contribution < 1.29 is 9.53 Å². The Hall–Kier alpha value is -3.71. The summed E-state index contributed by atoms with van der Waals surface area (Å²) < 4.78 is 5.69. The van der Waals surface area contributed by atoms with E-state index in [4.69, 9.17) is 16.2 Å². The number of ether oxygens (including phenoxy) is 1. The smallest absolute Gasteiger partial charge is 0.222 e. The maximum atomic E-state index is 11.0. The van der Waals surface area contributed by atoms with E-state index in [1.165, 1.54) is 0 Å². The average molecular weight is 403 g/mol. The minimum atomic E-state index is -0.834. The first-order valence-electron chi connectivity index (χ1n) is 9.74. The van der Waals surface area contributed by atoms with Crippen molar-refractivity contribution in [3.8, 4) is 23.8 Å². The monoisotopic (exact) mass is 403 g/mol. The molecule has 3 rings (SSSR count). The van der Waals surface area contributed by atoms with Gasteiger partial charge in [0.1, 0.15) is 11.6 Å². The number of nitrogens with one attached hydrogen (secondary N) is 1. The lowest BCUT2D eigenvalue weighted by Gasteiger charge is -2.41. The van der Waals surface area contributed by atoms with E-state index in [0.29, 0.717) is 17.9 Å². The zero-order valence-electron chi connectivity index (χ0n) is 17.6.